The fourth-order valence-electron chi connectivity index (χ4n) is 2.52. The van der Waals surface area contributed by atoms with Gasteiger partial charge in [0.25, 0.3) is 5.56 Å². The normalized spacial score (nSPS) is 18.9. The second-order valence-corrected chi connectivity index (χ2v) is 4.28. The van der Waals surface area contributed by atoms with Gasteiger partial charge in [0.15, 0.2) is 5.78 Å². The zero-order valence-corrected chi connectivity index (χ0v) is 8.99. The number of hydrogen-bond donors (Lipinski definition) is 1. The number of aromatic nitrogens is 2. The molecular formula is C12H12N2O2. The molecule has 0 fully saturated rings. The Hall–Kier alpha value is -1.84. The highest BCUT2D eigenvalue weighted by Crippen LogP contribution is 2.26. The van der Waals surface area contributed by atoms with Crippen molar-refractivity contribution >= 4 is 16.7 Å². The number of pyridine rings is 1. The largest absolute Gasteiger partial charge is 0.357 e. The Balaban J connectivity index is 2.36. The van der Waals surface area contributed by atoms with E-state index < -0.39 is 0 Å². The van der Waals surface area contributed by atoms with Crippen LogP contribution in [0.5, 0.6) is 0 Å². The Morgan fingerprint density at radius 3 is 3.12 bits per heavy atom. The van der Waals surface area contributed by atoms with Gasteiger partial charge in [-0.25, -0.2) is 0 Å². The zero-order chi connectivity index (χ0) is 11.3. The molecule has 0 radical (unpaired) electrons. The van der Waals surface area contributed by atoms with Crippen LogP contribution in [0.2, 0.25) is 0 Å². The third-order valence-corrected chi connectivity index (χ3v) is 3.30. The number of hydrogen-bond acceptors (Lipinski definition) is 2. The number of ketones is 1. The number of nitrogens with zero attached hydrogens (tertiary/aromatic N) is 1. The fraction of sp³-hybridized carbons (Fsp3) is 0.333. The van der Waals surface area contributed by atoms with Crippen molar-refractivity contribution in [1.29, 1.82) is 0 Å². The van der Waals surface area contributed by atoms with E-state index in [1.165, 1.54) is 0 Å². The molecule has 0 aromatic carbocycles. The predicted molar refractivity (Wildman–Crippen MR) is 60.6 cm³/mol. The summed E-state index contributed by atoms with van der Waals surface area (Å²) in [4.78, 5) is 26.6. The first-order valence-corrected chi connectivity index (χ1v) is 5.40. The van der Waals surface area contributed by atoms with E-state index in [0.717, 1.165) is 23.9 Å². The summed E-state index contributed by atoms with van der Waals surface area (Å²) >= 11 is 0. The summed E-state index contributed by atoms with van der Waals surface area (Å²) in [5, 5.41) is 0.931. The minimum atomic E-state index is -0.268. The molecular weight excluding hydrogens is 204 g/mol. The van der Waals surface area contributed by atoms with Gasteiger partial charge < -0.3 is 9.55 Å². The van der Waals surface area contributed by atoms with Gasteiger partial charge in [-0.2, -0.15) is 0 Å². The standard InChI is InChI=1S/C12H12N2O2/c1-7(15)10-3-2-9-6-8-4-5-13-11(8)12(16)14(9)10/h4-6,10,13H,2-3H2,1H3. The Bertz CT molecular complexity index is 636. The van der Waals surface area contributed by atoms with E-state index in [0.29, 0.717) is 5.52 Å². The summed E-state index contributed by atoms with van der Waals surface area (Å²) in [6.07, 6.45) is 3.31. The van der Waals surface area contributed by atoms with E-state index in [1.807, 2.05) is 12.1 Å². The Morgan fingerprint density at radius 1 is 1.56 bits per heavy atom. The summed E-state index contributed by atoms with van der Waals surface area (Å²) in [5.41, 5.74) is 1.49. The van der Waals surface area contributed by atoms with Crippen LogP contribution in [0, 0.1) is 0 Å². The van der Waals surface area contributed by atoms with Gasteiger partial charge in [-0.05, 0) is 31.9 Å². The molecule has 2 aromatic heterocycles. The number of Topliss-reactive ketones (excluding diaryl/α,β-unsaturated/α-hetero) is 1. The van der Waals surface area contributed by atoms with Gasteiger partial charge >= 0.3 is 0 Å². The molecule has 0 bridgehead atoms. The zero-order valence-electron chi connectivity index (χ0n) is 8.99. The van der Waals surface area contributed by atoms with Crippen molar-refractivity contribution in [2.45, 2.75) is 25.8 Å². The lowest BCUT2D eigenvalue weighted by Gasteiger charge is -2.10. The van der Waals surface area contributed by atoms with E-state index in [1.54, 1.807) is 17.7 Å². The Labute approximate surface area is 91.9 Å². The van der Waals surface area contributed by atoms with Crippen LogP contribution in [0.3, 0.4) is 0 Å². The summed E-state index contributed by atoms with van der Waals surface area (Å²) in [5.74, 6) is 0.0618. The maximum atomic E-state index is 12.2. The minimum Gasteiger partial charge on any atom is -0.357 e. The van der Waals surface area contributed by atoms with Crippen molar-refractivity contribution in [1.82, 2.24) is 9.55 Å². The molecule has 4 heteroatoms. The molecule has 1 N–H and O–H groups in total. The molecule has 1 unspecified atom stereocenters. The van der Waals surface area contributed by atoms with E-state index in [9.17, 15) is 9.59 Å². The first kappa shape index (κ1) is 9.39. The van der Waals surface area contributed by atoms with E-state index in [2.05, 4.69) is 4.98 Å². The van der Waals surface area contributed by atoms with Gasteiger partial charge in [0.2, 0.25) is 0 Å². The lowest BCUT2D eigenvalue weighted by atomic mass is 10.1. The number of carbonyl (C=O) groups is 1. The van der Waals surface area contributed by atoms with Gasteiger partial charge in [-0.15, -0.1) is 0 Å². The lowest BCUT2D eigenvalue weighted by molar-refractivity contribution is -0.119. The second-order valence-electron chi connectivity index (χ2n) is 4.28. The van der Waals surface area contributed by atoms with Crippen LogP contribution in [0.15, 0.2) is 23.1 Å². The lowest BCUT2D eigenvalue weighted by Crippen LogP contribution is -2.26. The molecule has 1 atom stereocenters. The SMILES string of the molecule is CC(=O)C1CCc2cc3cc[nH]c3c(=O)n21. The second kappa shape index (κ2) is 3.07. The number of aryl methyl sites for hydroxylation is 1. The quantitative estimate of drug-likeness (QED) is 0.783. The molecule has 1 aliphatic rings. The van der Waals surface area contributed by atoms with Crippen molar-refractivity contribution in [3.8, 4) is 0 Å². The molecule has 0 spiro atoms. The van der Waals surface area contributed by atoms with Crippen LogP contribution < -0.4 is 5.56 Å². The van der Waals surface area contributed by atoms with Crippen molar-refractivity contribution in [2.24, 2.45) is 0 Å². The molecule has 3 rings (SSSR count). The molecule has 0 aliphatic carbocycles. The average molecular weight is 216 g/mol. The first-order chi connectivity index (χ1) is 7.68. The molecule has 0 saturated carbocycles. The molecule has 2 aromatic rings. The summed E-state index contributed by atoms with van der Waals surface area (Å²) in [6, 6.07) is 3.62. The van der Waals surface area contributed by atoms with Crippen molar-refractivity contribution in [3.63, 3.8) is 0 Å². The number of aromatic amines is 1. The number of nitrogens with one attached hydrogen (secondary N) is 1. The van der Waals surface area contributed by atoms with Gasteiger partial charge in [-0.3, -0.25) is 9.59 Å². The van der Waals surface area contributed by atoms with Gasteiger partial charge in [0.1, 0.15) is 5.52 Å². The smallest absolute Gasteiger partial charge is 0.275 e. The summed E-state index contributed by atoms with van der Waals surface area (Å²) < 4.78 is 1.64. The highest BCUT2D eigenvalue weighted by molar-refractivity contribution is 5.83. The molecule has 0 saturated heterocycles. The molecule has 0 amide bonds. The highest BCUT2D eigenvalue weighted by atomic mass is 16.1. The van der Waals surface area contributed by atoms with Crippen LogP contribution >= 0.6 is 0 Å². The monoisotopic (exact) mass is 216 g/mol. The topological polar surface area (TPSA) is 54.9 Å². The number of H-pyrrole nitrogens is 1. The van der Waals surface area contributed by atoms with Crippen LogP contribution in [-0.2, 0) is 11.2 Å². The molecule has 4 nitrogen and oxygen atoms in total. The fourth-order valence-corrected chi connectivity index (χ4v) is 2.52. The number of fused-ring (bicyclic) bond motifs is 2. The van der Waals surface area contributed by atoms with Crippen LogP contribution in [0.1, 0.15) is 25.1 Å². The molecule has 3 heterocycles. The highest BCUT2D eigenvalue weighted by Gasteiger charge is 2.27. The average Bonchev–Trinajstić information content (AvgIpc) is 2.83. The Kier molecular flexibility index (Phi) is 1.80. The van der Waals surface area contributed by atoms with Gasteiger partial charge in [0.05, 0.1) is 6.04 Å². The first-order valence-electron chi connectivity index (χ1n) is 5.40. The van der Waals surface area contributed by atoms with Crippen LogP contribution in [-0.4, -0.2) is 15.3 Å². The van der Waals surface area contributed by atoms with Crippen molar-refractivity contribution in [2.75, 3.05) is 0 Å². The molecule has 82 valence electrons. The maximum Gasteiger partial charge on any atom is 0.275 e. The number of rotatable bonds is 1. The molecule has 1 aliphatic heterocycles. The van der Waals surface area contributed by atoms with Crippen LogP contribution in [0.4, 0.5) is 0 Å². The van der Waals surface area contributed by atoms with Gasteiger partial charge in [-0.1, -0.05) is 0 Å². The number of carbonyl (C=O) groups excluding carboxylic acids is 1. The van der Waals surface area contributed by atoms with E-state index >= 15 is 0 Å². The van der Waals surface area contributed by atoms with Crippen LogP contribution in [0.25, 0.3) is 10.9 Å². The predicted octanol–water partition coefficient (Wildman–Crippen LogP) is 1.41. The maximum absolute atomic E-state index is 12.2. The van der Waals surface area contributed by atoms with E-state index in [-0.39, 0.29) is 17.4 Å². The van der Waals surface area contributed by atoms with Gasteiger partial charge in [0, 0.05) is 17.3 Å². The molecule has 16 heavy (non-hydrogen) atoms. The summed E-state index contributed by atoms with van der Waals surface area (Å²) in [7, 11) is 0. The van der Waals surface area contributed by atoms with Crippen molar-refractivity contribution < 1.29 is 4.79 Å². The third kappa shape index (κ3) is 1.10. The third-order valence-electron chi connectivity index (χ3n) is 3.30. The minimum absolute atomic E-state index is 0.0618. The van der Waals surface area contributed by atoms with Crippen molar-refractivity contribution in [3.05, 3.63) is 34.4 Å². The summed E-state index contributed by atoms with van der Waals surface area (Å²) in [6.45, 7) is 1.55. The van der Waals surface area contributed by atoms with E-state index in [4.69, 9.17) is 0 Å². The Morgan fingerprint density at radius 2 is 2.38 bits per heavy atom.